The standard InChI is InChI=1S/C11H19NO/c1-7(2)11-5-6-12(9(4)13)10(11)8(11)3/h7-8,10H,5-6H2,1-4H3/t8-,10?,11?/m0/s1. The molecule has 13 heavy (non-hydrogen) atoms. The fourth-order valence-corrected chi connectivity index (χ4v) is 3.53. The minimum absolute atomic E-state index is 0.261. The highest BCUT2D eigenvalue weighted by molar-refractivity contribution is 5.75. The van der Waals surface area contributed by atoms with Crippen LogP contribution in [0.25, 0.3) is 0 Å². The smallest absolute Gasteiger partial charge is 0.219 e. The molecule has 0 N–H and O–H groups in total. The van der Waals surface area contributed by atoms with E-state index >= 15 is 0 Å². The van der Waals surface area contributed by atoms with Gasteiger partial charge in [0.2, 0.25) is 5.91 Å². The van der Waals surface area contributed by atoms with Crippen molar-refractivity contribution in [1.29, 1.82) is 0 Å². The summed E-state index contributed by atoms with van der Waals surface area (Å²) >= 11 is 0. The van der Waals surface area contributed by atoms with Crippen LogP contribution >= 0.6 is 0 Å². The molecule has 0 radical (unpaired) electrons. The Balaban J connectivity index is 2.18. The average molecular weight is 181 g/mol. The minimum Gasteiger partial charge on any atom is -0.339 e. The van der Waals surface area contributed by atoms with Gasteiger partial charge in [-0.25, -0.2) is 0 Å². The summed E-state index contributed by atoms with van der Waals surface area (Å²) in [5, 5.41) is 0. The number of hydrogen-bond acceptors (Lipinski definition) is 1. The van der Waals surface area contributed by atoms with E-state index < -0.39 is 0 Å². The van der Waals surface area contributed by atoms with E-state index in [4.69, 9.17) is 0 Å². The van der Waals surface area contributed by atoms with Gasteiger partial charge in [-0.1, -0.05) is 20.8 Å². The highest BCUT2D eigenvalue weighted by atomic mass is 16.2. The van der Waals surface area contributed by atoms with Crippen LogP contribution in [0.2, 0.25) is 0 Å². The molecule has 1 saturated carbocycles. The highest BCUT2D eigenvalue weighted by Crippen LogP contribution is 2.66. The third kappa shape index (κ3) is 0.918. The van der Waals surface area contributed by atoms with Gasteiger partial charge in [-0.05, 0) is 23.7 Å². The molecule has 0 aromatic heterocycles. The van der Waals surface area contributed by atoms with Crippen LogP contribution in [0.5, 0.6) is 0 Å². The lowest BCUT2D eigenvalue weighted by molar-refractivity contribution is -0.128. The van der Waals surface area contributed by atoms with Crippen molar-refractivity contribution in [3.63, 3.8) is 0 Å². The van der Waals surface area contributed by atoms with Crippen molar-refractivity contribution in [3.8, 4) is 0 Å². The molecule has 2 heteroatoms. The summed E-state index contributed by atoms with van der Waals surface area (Å²) in [6, 6.07) is 0.560. The molecule has 2 rings (SSSR count). The van der Waals surface area contributed by atoms with E-state index in [1.807, 2.05) is 0 Å². The second-order valence-corrected chi connectivity index (χ2v) is 4.96. The summed E-state index contributed by atoms with van der Waals surface area (Å²) in [4.78, 5) is 13.4. The maximum atomic E-state index is 11.3. The second-order valence-electron chi connectivity index (χ2n) is 4.96. The summed E-state index contributed by atoms with van der Waals surface area (Å²) in [6.07, 6.45) is 1.22. The monoisotopic (exact) mass is 181 g/mol. The topological polar surface area (TPSA) is 20.3 Å². The van der Waals surface area contributed by atoms with Crippen LogP contribution in [0.15, 0.2) is 0 Å². The van der Waals surface area contributed by atoms with Crippen LogP contribution in [0.4, 0.5) is 0 Å². The lowest BCUT2D eigenvalue weighted by Crippen LogP contribution is -2.29. The van der Waals surface area contributed by atoms with Crippen molar-refractivity contribution in [2.75, 3.05) is 6.54 Å². The predicted octanol–water partition coefficient (Wildman–Crippen LogP) is 1.90. The Hall–Kier alpha value is -0.530. The molecule has 1 saturated heterocycles. The first kappa shape index (κ1) is 9.04. The third-order valence-corrected chi connectivity index (χ3v) is 4.36. The van der Waals surface area contributed by atoms with Crippen molar-refractivity contribution in [1.82, 2.24) is 4.90 Å². The first-order valence-corrected chi connectivity index (χ1v) is 5.29. The number of piperidine rings is 1. The maximum absolute atomic E-state index is 11.3. The van der Waals surface area contributed by atoms with E-state index in [9.17, 15) is 4.79 Å². The number of fused-ring (bicyclic) bond motifs is 1. The van der Waals surface area contributed by atoms with Gasteiger partial charge in [0.1, 0.15) is 0 Å². The zero-order chi connectivity index (χ0) is 9.80. The van der Waals surface area contributed by atoms with Crippen molar-refractivity contribution >= 4 is 5.91 Å². The Morgan fingerprint density at radius 3 is 2.46 bits per heavy atom. The summed E-state index contributed by atoms with van der Waals surface area (Å²) in [5.41, 5.74) is 0.478. The molecule has 1 amide bonds. The molecule has 2 unspecified atom stereocenters. The van der Waals surface area contributed by atoms with E-state index in [1.54, 1.807) is 6.92 Å². The third-order valence-electron chi connectivity index (χ3n) is 4.36. The van der Waals surface area contributed by atoms with Crippen LogP contribution < -0.4 is 0 Å². The fourth-order valence-electron chi connectivity index (χ4n) is 3.53. The van der Waals surface area contributed by atoms with Crippen LogP contribution in [0.3, 0.4) is 0 Å². The zero-order valence-electron chi connectivity index (χ0n) is 9.00. The van der Waals surface area contributed by atoms with Crippen molar-refractivity contribution in [2.24, 2.45) is 17.3 Å². The van der Waals surface area contributed by atoms with Gasteiger partial charge in [-0.2, -0.15) is 0 Å². The molecule has 1 aliphatic heterocycles. The zero-order valence-corrected chi connectivity index (χ0v) is 9.00. The molecule has 0 spiro atoms. The molecular weight excluding hydrogens is 162 g/mol. The van der Waals surface area contributed by atoms with Gasteiger partial charge in [-0.3, -0.25) is 4.79 Å². The lowest BCUT2D eigenvalue weighted by atomic mass is 9.88. The summed E-state index contributed by atoms with van der Waals surface area (Å²) in [6.45, 7) is 9.56. The maximum Gasteiger partial charge on any atom is 0.219 e. The van der Waals surface area contributed by atoms with E-state index in [-0.39, 0.29) is 5.91 Å². The number of likely N-dealkylation sites (tertiary alicyclic amines) is 1. The van der Waals surface area contributed by atoms with E-state index in [0.717, 1.165) is 18.4 Å². The second kappa shape index (κ2) is 2.49. The largest absolute Gasteiger partial charge is 0.339 e. The van der Waals surface area contributed by atoms with Crippen LogP contribution in [-0.2, 0) is 4.79 Å². The average Bonchev–Trinajstić information content (AvgIpc) is 2.50. The van der Waals surface area contributed by atoms with E-state index in [0.29, 0.717) is 11.5 Å². The first-order chi connectivity index (χ1) is 6.01. The number of amides is 1. The predicted molar refractivity (Wildman–Crippen MR) is 52.2 cm³/mol. The molecule has 1 heterocycles. The summed E-state index contributed by atoms with van der Waals surface area (Å²) < 4.78 is 0. The Bertz CT molecular complexity index is 248. The highest BCUT2D eigenvalue weighted by Gasteiger charge is 2.69. The molecule has 1 aliphatic carbocycles. The molecule has 0 aromatic carbocycles. The molecule has 2 nitrogen and oxygen atoms in total. The molecule has 2 aliphatic rings. The number of rotatable bonds is 1. The number of hydrogen-bond donors (Lipinski definition) is 0. The Kier molecular flexibility index (Phi) is 1.73. The number of nitrogens with zero attached hydrogens (tertiary/aromatic N) is 1. The molecule has 2 fully saturated rings. The van der Waals surface area contributed by atoms with Crippen LogP contribution in [0.1, 0.15) is 34.1 Å². The van der Waals surface area contributed by atoms with Crippen molar-refractivity contribution in [2.45, 2.75) is 40.2 Å². The Morgan fingerprint density at radius 2 is 2.15 bits per heavy atom. The number of carbonyl (C=O) groups is 1. The van der Waals surface area contributed by atoms with Crippen molar-refractivity contribution < 1.29 is 4.79 Å². The fraction of sp³-hybridized carbons (Fsp3) is 0.909. The molecule has 3 atom stereocenters. The van der Waals surface area contributed by atoms with Crippen LogP contribution in [0, 0.1) is 17.3 Å². The molecule has 74 valence electrons. The summed E-state index contributed by atoms with van der Waals surface area (Å²) in [7, 11) is 0. The first-order valence-electron chi connectivity index (χ1n) is 5.29. The normalized spacial score (nSPS) is 42.4. The summed E-state index contributed by atoms with van der Waals surface area (Å²) in [5.74, 6) is 1.71. The SMILES string of the molecule is CC(=O)N1CCC2(C(C)C)C1[C@@H]2C. The van der Waals surface area contributed by atoms with Gasteiger partial charge in [-0.15, -0.1) is 0 Å². The van der Waals surface area contributed by atoms with Gasteiger partial charge in [0.05, 0.1) is 0 Å². The van der Waals surface area contributed by atoms with Gasteiger partial charge < -0.3 is 4.90 Å². The van der Waals surface area contributed by atoms with Gasteiger partial charge in [0, 0.05) is 19.5 Å². The minimum atomic E-state index is 0.261. The van der Waals surface area contributed by atoms with Gasteiger partial charge in [0.15, 0.2) is 0 Å². The lowest BCUT2D eigenvalue weighted by Gasteiger charge is -2.16. The van der Waals surface area contributed by atoms with E-state index in [2.05, 4.69) is 25.7 Å². The molecular formula is C11H19NO. The molecule has 0 aromatic rings. The van der Waals surface area contributed by atoms with E-state index in [1.165, 1.54) is 6.42 Å². The van der Waals surface area contributed by atoms with Crippen LogP contribution in [-0.4, -0.2) is 23.4 Å². The van der Waals surface area contributed by atoms with Gasteiger partial charge >= 0.3 is 0 Å². The van der Waals surface area contributed by atoms with Gasteiger partial charge in [0.25, 0.3) is 0 Å². The quantitative estimate of drug-likeness (QED) is 0.605. The Morgan fingerprint density at radius 1 is 1.54 bits per heavy atom. The number of carbonyl (C=O) groups excluding carboxylic acids is 1. The van der Waals surface area contributed by atoms with Crippen molar-refractivity contribution in [3.05, 3.63) is 0 Å². The molecule has 0 bridgehead atoms. The Labute approximate surface area is 80.3 Å².